The Morgan fingerprint density at radius 3 is 2.35 bits per heavy atom. The Hall–Kier alpha value is -4.73. The van der Waals surface area contributed by atoms with E-state index in [2.05, 4.69) is 10.6 Å². The second-order valence-corrected chi connectivity index (χ2v) is 13.3. The lowest BCUT2D eigenvalue weighted by atomic mass is 9.85. The second-order valence-electron chi connectivity index (χ2n) is 13.3. The van der Waals surface area contributed by atoms with Crippen LogP contribution in [0.3, 0.4) is 0 Å². The van der Waals surface area contributed by atoms with Crippen LogP contribution in [-0.4, -0.2) is 46.1 Å². The number of nitrogens with zero attached hydrogens (tertiary/aromatic N) is 3. The van der Waals surface area contributed by atoms with Crippen LogP contribution in [0.25, 0.3) is 0 Å². The second kappa shape index (κ2) is 14.1. The number of amidine groups is 1. The fourth-order valence-electron chi connectivity index (χ4n) is 5.82. The van der Waals surface area contributed by atoms with Gasteiger partial charge in [0.1, 0.15) is 23.2 Å². The summed E-state index contributed by atoms with van der Waals surface area (Å²) in [5.74, 6) is 1.32. The molecule has 0 saturated carbocycles. The Kier molecular flexibility index (Phi) is 10.0. The fourth-order valence-corrected chi connectivity index (χ4v) is 5.82. The standard InChI is InChI=1S/C36H46N8O2/c1-24-12-14-25(15-13-24)40-33(22-31(37)36(2,3)4)42-35(45)41-29-17-18-30(28-11-7-6-10-27(28)29)46-26-16-19-32(38)44(23-26)34(39)43-20-8-5-9-21-43/h6-7,10-16,19,23,29-30,37-39H,5,8-9,17-18,20-22H2,1-4H3,(H2,40,41,42,45). The molecule has 46 heavy (non-hydrogen) atoms. The molecule has 1 aliphatic carbocycles. The lowest BCUT2D eigenvalue weighted by Gasteiger charge is -2.33. The average molecular weight is 623 g/mol. The van der Waals surface area contributed by atoms with E-state index in [0.29, 0.717) is 36.1 Å². The van der Waals surface area contributed by atoms with Crippen LogP contribution in [0.5, 0.6) is 5.75 Å². The van der Waals surface area contributed by atoms with Gasteiger partial charge in [-0.15, -0.1) is 0 Å². The van der Waals surface area contributed by atoms with E-state index in [1.807, 2.05) is 81.1 Å². The zero-order valence-corrected chi connectivity index (χ0v) is 27.3. The molecule has 1 aromatic heterocycles. The van der Waals surface area contributed by atoms with E-state index in [1.165, 1.54) is 6.42 Å². The number of nitrogens with one attached hydrogen (secondary N) is 5. The monoisotopic (exact) mass is 622 g/mol. The smallest absolute Gasteiger partial charge is 0.320 e. The number of aromatic nitrogens is 1. The minimum Gasteiger partial charge on any atom is -0.484 e. The number of pyridine rings is 1. The molecule has 3 aromatic rings. The third-order valence-electron chi connectivity index (χ3n) is 8.63. The van der Waals surface area contributed by atoms with Crippen molar-refractivity contribution in [1.29, 1.82) is 16.2 Å². The maximum Gasteiger partial charge on any atom is 0.320 e. The summed E-state index contributed by atoms with van der Waals surface area (Å²) >= 11 is 0. The molecular weight excluding hydrogens is 576 g/mol. The molecule has 2 aliphatic rings. The van der Waals surface area contributed by atoms with Crippen molar-refractivity contribution in [3.63, 3.8) is 0 Å². The zero-order valence-electron chi connectivity index (χ0n) is 27.3. The van der Waals surface area contributed by atoms with Crippen molar-refractivity contribution in [2.45, 2.75) is 78.4 Å². The molecular formula is C36H46N8O2. The number of hydrogen-bond acceptors (Lipinski definition) is 6. The van der Waals surface area contributed by atoms with E-state index in [4.69, 9.17) is 26.0 Å². The van der Waals surface area contributed by atoms with Crippen molar-refractivity contribution in [2.75, 3.05) is 13.1 Å². The zero-order chi connectivity index (χ0) is 32.8. The molecule has 0 bridgehead atoms. The van der Waals surface area contributed by atoms with Gasteiger partial charge in [-0.1, -0.05) is 62.7 Å². The average Bonchev–Trinajstić information content (AvgIpc) is 3.03. The van der Waals surface area contributed by atoms with Gasteiger partial charge in [-0.05, 0) is 79.8 Å². The van der Waals surface area contributed by atoms with Crippen molar-refractivity contribution < 1.29 is 9.53 Å². The van der Waals surface area contributed by atoms with Gasteiger partial charge in [0.15, 0.2) is 0 Å². The number of amides is 2. The molecule has 0 spiro atoms. The summed E-state index contributed by atoms with van der Waals surface area (Å²) in [5.41, 5.74) is 4.19. The summed E-state index contributed by atoms with van der Waals surface area (Å²) < 4.78 is 8.08. The highest BCUT2D eigenvalue weighted by atomic mass is 16.5. The lowest BCUT2D eigenvalue weighted by Crippen LogP contribution is -2.43. The van der Waals surface area contributed by atoms with Crippen LogP contribution >= 0.6 is 0 Å². The SMILES string of the molecule is Cc1ccc(N=C(CC(=N)C(C)(C)C)NC(=O)NC2CCC(Oc3ccc(=N)n(C(=N)N4CCCCC4)c3)c3ccccc32)cc1. The van der Waals surface area contributed by atoms with E-state index in [9.17, 15) is 4.79 Å². The summed E-state index contributed by atoms with van der Waals surface area (Å²) in [4.78, 5) is 20.1. The summed E-state index contributed by atoms with van der Waals surface area (Å²) in [7, 11) is 0. The summed E-state index contributed by atoms with van der Waals surface area (Å²) in [6.45, 7) is 9.61. The van der Waals surface area contributed by atoms with Gasteiger partial charge in [-0.2, -0.15) is 0 Å². The van der Waals surface area contributed by atoms with Gasteiger partial charge in [-0.25, -0.2) is 9.79 Å². The highest BCUT2D eigenvalue weighted by Gasteiger charge is 2.30. The van der Waals surface area contributed by atoms with Gasteiger partial charge < -0.3 is 20.4 Å². The van der Waals surface area contributed by atoms with Crippen molar-refractivity contribution >= 4 is 29.2 Å². The van der Waals surface area contributed by atoms with E-state index in [-0.39, 0.29) is 35.5 Å². The number of urea groups is 1. The Morgan fingerprint density at radius 2 is 1.65 bits per heavy atom. The first-order valence-corrected chi connectivity index (χ1v) is 16.1. The molecule has 242 valence electrons. The predicted octanol–water partition coefficient (Wildman–Crippen LogP) is 6.99. The van der Waals surface area contributed by atoms with Gasteiger partial charge in [0.05, 0.1) is 17.9 Å². The third kappa shape index (κ3) is 8.10. The normalized spacial score (nSPS) is 18.3. The number of carbonyl (C=O) groups is 1. The van der Waals surface area contributed by atoms with Gasteiger partial charge in [0, 0.05) is 25.2 Å². The van der Waals surface area contributed by atoms with Crippen LogP contribution in [0, 0.1) is 28.6 Å². The van der Waals surface area contributed by atoms with Crippen LogP contribution in [0.15, 0.2) is 71.9 Å². The fraction of sp³-hybridized carbons (Fsp3) is 0.417. The van der Waals surface area contributed by atoms with Gasteiger partial charge in [-0.3, -0.25) is 20.7 Å². The van der Waals surface area contributed by atoms with Gasteiger partial charge in [0.2, 0.25) is 5.96 Å². The molecule has 1 aliphatic heterocycles. The predicted molar refractivity (Wildman–Crippen MR) is 182 cm³/mol. The van der Waals surface area contributed by atoms with Crippen molar-refractivity contribution in [3.8, 4) is 5.75 Å². The molecule has 10 nitrogen and oxygen atoms in total. The number of rotatable bonds is 6. The Labute approximate surface area is 271 Å². The number of fused-ring (bicyclic) bond motifs is 1. The highest BCUT2D eigenvalue weighted by Crippen LogP contribution is 2.38. The molecule has 1 saturated heterocycles. The van der Waals surface area contributed by atoms with E-state index in [1.54, 1.807) is 22.9 Å². The first-order valence-electron chi connectivity index (χ1n) is 16.1. The highest BCUT2D eigenvalue weighted by molar-refractivity contribution is 6.09. The number of carbonyl (C=O) groups excluding carboxylic acids is 1. The first kappa shape index (κ1) is 32.7. The van der Waals surface area contributed by atoms with Crippen molar-refractivity contribution in [2.24, 2.45) is 10.4 Å². The number of likely N-dealkylation sites (tertiary alicyclic amines) is 1. The van der Waals surface area contributed by atoms with Crippen LogP contribution in [0.2, 0.25) is 0 Å². The summed E-state index contributed by atoms with van der Waals surface area (Å²) in [6, 6.07) is 18.6. The summed E-state index contributed by atoms with van der Waals surface area (Å²) in [6.07, 6.45) is 6.36. The quantitative estimate of drug-likeness (QED) is 0.149. The van der Waals surface area contributed by atoms with Gasteiger partial charge >= 0.3 is 6.03 Å². The Bertz CT molecular complexity index is 1660. The van der Waals surface area contributed by atoms with Crippen LogP contribution < -0.4 is 20.9 Å². The van der Waals surface area contributed by atoms with Crippen molar-refractivity contribution in [1.82, 2.24) is 20.1 Å². The number of aliphatic imine (C=N–C) groups is 1. The maximum absolute atomic E-state index is 13.4. The van der Waals surface area contributed by atoms with E-state index >= 15 is 0 Å². The molecule has 5 N–H and O–H groups in total. The maximum atomic E-state index is 13.4. The molecule has 1 fully saturated rings. The lowest BCUT2D eigenvalue weighted by molar-refractivity contribution is 0.171. The molecule has 10 heteroatoms. The van der Waals surface area contributed by atoms with Crippen LogP contribution in [0.1, 0.15) is 88.1 Å². The number of ether oxygens (including phenoxy) is 1. The Morgan fingerprint density at radius 1 is 0.957 bits per heavy atom. The Balaban J connectivity index is 1.30. The number of aryl methyl sites for hydroxylation is 1. The number of hydrogen-bond donors (Lipinski definition) is 5. The number of benzene rings is 2. The summed E-state index contributed by atoms with van der Waals surface area (Å²) in [5, 5.41) is 31.8. The topological polar surface area (TPSA) is 142 Å². The minimum absolute atomic E-state index is 0.230. The van der Waals surface area contributed by atoms with E-state index < -0.39 is 0 Å². The molecule has 2 aromatic carbocycles. The molecule has 2 atom stereocenters. The molecule has 2 unspecified atom stereocenters. The van der Waals surface area contributed by atoms with Crippen LogP contribution in [0.4, 0.5) is 10.5 Å². The van der Waals surface area contributed by atoms with Crippen molar-refractivity contribution in [3.05, 3.63) is 89.0 Å². The van der Waals surface area contributed by atoms with E-state index in [0.717, 1.165) is 48.3 Å². The molecule has 5 rings (SSSR count). The first-order chi connectivity index (χ1) is 22.0. The molecule has 0 radical (unpaired) electrons. The van der Waals surface area contributed by atoms with Gasteiger partial charge in [0.25, 0.3) is 0 Å². The van der Waals surface area contributed by atoms with Crippen LogP contribution in [-0.2, 0) is 0 Å². The largest absolute Gasteiger partial charge is 0.484 e. The molecule has 2 amide bonds. The third-order valence-corrected chi connectivity index (χ3v) is 8.63. The number of piperidine rings is 1. The minimum atomic E-state index is -0.366. The molecule has 2 heterocycles.